The Bertz CT molecular complexity index is 1220. The van der Waals surface area contributed by atoms with Gasteiger partial charge >= 0.3 is 0 Å². The molecule has 1 aromatic heterocycles. The first-order chi connectivity index (χ1) is 15.3. The standard InChI is InChI=1S/C22H22F2N4O3S/c23-19-11-10-18(14-20(19)24)32(30,31)27-16-8-6-15(7-9-16)22(29)26-21-12-13-25-28(21)17-4-2-1-3-5-17/h6-14,17,27H,1-5H2,(H,26,29). The zero-order valence-electron chi connectivity index (χ0n) is 17.1. The highest BCUT2D eigenvalue weighted by Gasteiger charge is 2.20. The summed E-state index contributed by atoms with van der Waals surface area (Å²) < 4.78 is 55.4. The van der Waals surface area contributed by atoms with E-state index in [2.05, 4.69) is 15.1 Å². The summed E-state index contributed by atoms with van der Waals surface area (Å²) in [5.74, 6) is -2.13. The molecule has 1 saturated carbocycles. The fourth-order valence-corrected chi connectivity index (χ4v) is 4.84. The van der Waals surface area contributed by atoms with Gasteiger partial charge in [-0.3, -0.25) is 9.52 Å². The molecule has 7 nitrogen and oxygen atoms in total. The first-order valence-electron chi connectivity index (χ1n) is 10.3. The van der Waals surface area contributed by atoms with Crippen molar-refractivity contribution >= 4 is 27.4 Å². The maximum absolute atomic E-state index is 13.4. The molecule has 0 unspecified atom stereocenters. The number of benzene rings is 2. The number of sulfonamides is 1. The van der Waals surface area contributed by atoms with E-state index < -0.39 is 26.6 Å². The van der Waals surface area contributed by atoms with Crippen molar-refractivity contribution in [3.8, 4) is 0 Å². The molecule has 1 amide bonds. The highest BCUT2D eigenvalue weighted by Crippen LogP contribution is 2.30. The van der Waals surface area contributed by atoms with Gasteiger partial charge in [0.15, 0.2) is 11.6 Å². The number of hydrogen-bond acceptors (Lipinski definition) is 4. The molecule has 2 aromatic carbocycles. The Labute approximate surface area is 184 Å². The van der Waals surface area contributed by atoms with E-state index in [0.717, 1.165) is 37.8 Å². The van der Waals surface area contributed by atoms with E-state index in [1.54, 1.807) is 12.3 Å². The van der Waals surface area contributed by atoms with Crippen LogP contribution < -0.4 is 10.0 Å². The van der Waals surface area contributed by atoms with E-state index in [4.69, 9.17) is 0 Å². The second-order valence-electron chi connectivity index (χ2n) is 7.67. The number of rotatable bonds is 6. The molecule has 0 aliphatic heterocycles. The van der Waals surface area contributed by atoms with E-state index in [1.165, 1.54) is 30.7 Å². The third-order valence-corrected chi connectivity index (χ3v) is 6.81. The predicted octanol–water partition coefficient (Wildman–Crippen LogP) is 4.72. The lowest BCUT2D eigenvalue weighted by Gasteiger charge is -2.23. The van der Waals surface area contributed by atoms with Gasteiger partial charge in [-0.25, -0.2) is 21.9 Å². The van der Waals surface area contributed by atoms with Crippen LogP contribution in [0.4, 0.5) is 20.3 Å². The molecule has 0 saturated heterocycles. The van der Waals surface area contributed by atoms with Crippen molar-refractivity contribution in [2.24, 2.45) is 0 Å². The van der Waals surface area contributed by atoms with Gasteiger partial charge in [0.2, 0.25) is 0 Å². The second kappa shape index (κ2) is 9.07. The second-order valence-corrected chi connectivity index (χ2v) is 9.35. The highest BCUT2D eigenvalue weighted by atomic mass is 32.2. The summed E-state index contributed by atoms with van der Waals surface area (Å²) in [4.78, 5) is 12.3. The number of aromatic nitrogens is 2. The van der Waals surface area contributed by atoms with Gasteiger partial charge in [-0.05, 0) is 55.3 Å². The maximum Gasteiger partial charge on any atom is 0.261 e. The Balaban J connectivity index is 1.44. The van der Waals surface area contributed by atoms with Crippen molar-refractivity contribution in [2.75, 3.05) is 10.0 Å². The third kappa shape index (κ3) is 4.80. The molecule has 0 radical (unpaired) electrons. The van der Waals surface area contributed by atoms with Crippen LogP contribution in [0.5, 0.6) is 0 Å². The lowest BCUT2D eigenvalue weighted by Crippen LogP contribution is -2.20. The third-order valence-electron chi connectivity index (χ3n) is 5.43. The molecule has 1 aliphatic carbocycles. The molecule has 32 heavy (non-hydrogen) atoms. The number of hydrogen-bond donors (Lipinski definition) is 2. The summed E-state index contributed by atoms with van der Waals surface area (Å²) in [6, 6.07) is 10.1. The van der Waals surface area contributed by atoms with E-state index in [0.29, 0.717) is 17.4 Å². The Kier molecular flexibility index (Phi) is 6.22. The zero-order valence-corrected chi connectivity index (χ0v) is 17.9. The molecule has 0 spiro atoms. The summed E-state index contributed by atoms with van der Waals surface area (Å²) in [6.45, 7) is 0. The van der Waals surface area contributed by atoms with Crippen molar-refractivity contribution in [1.29, 1.82) is 0 Å². The Hall–Kier alpha value is -3.27. The van der Waals surface area contributed by atoms with Crippen molar-refractivity contribution in [3.63, 3.8) is 0 Å². The smallest absolute Gasteiger partial charge is 0.261 e. The number of carbonyl (C=O) groups excluding carboxylic acids is 1. The molecule has 10 heteroatoms. The average molecular weight is 461 g/mol. The number of carbonyl (C=O) groups is 1. The van der Waals surface area contributed by atoms with Gasteiger partial charge in [-0.2, -0.15) is 5.10 Å². The normalized spacial score (nSPS) is 14.8. The molecule has 4 rings (SSSR count). The number of nitrogens with one attached hydrogen (secondary N) is 2. The number of nitrogens with zero attached hydrogens (tertiary/aromatic N) is 2. The summed E-state index contributed by atoms with van der Waals surface area (Å²) >= 11 is 0. The minimum Gasteiger partial charge on any atom is -0.307 e. The highest BCUT2D eigenvalue weighted by molar-refractivity contribution is 7.92. The monoisotopic (exact) mass is 460 g/mol. The quantitative estimate of drug-likeness (QED) is 0.557. The fourth-order valence-electron chi connectivity index (χ4n) is 3.77. The van der Waals surface area contributed by atoms with E-state index in [-0.39, 0.29) is 17.6 Å². The molecule has 1 aliphatic rings. The van der Waals surface area contributed by atoms with Crippen LogP contribution in [0.3, 0.4) is 0 Å². The first-order valence-corrected chi connectivity index (χ1v) is 11.7. The van der Waals surface area contributed by atoms with Crippen LogP contribution in [0.1, 0.15) is 48.5 Å². The van der Waals surface area contributed by atoms with Gasteiger partial charge in [-0.1, -0.05) is 19.3 Å². The first kappa shape index (κ1) is 21.9. The molecule has 168 valence electrons. The summed E-state index contributed by atoms with van der Waals surface area (Å²) in [7, 11) is -4.11. The van der Waals surface area contributed by atoms with Gasteiger partial charge in [0, 0.05) is 17.3 Å². The van der Waals surface area contributed by atoms with E-state index in [9.17, 15) is 22.0 Å². The van der Waals surface area contributed by atoms with Crippen LogP contribution in [0.15, 0.2) is 59.6 Å². The van der Waals surface area contributed by atoms with Gasteiger partial charge < -0.3 is 5.32 Å². The summed E-state index contributed by atoms with van der Waals surface area (Å²) in [5.41, 5.74) is 0.510. The summed E-state index contributed by atoms with van der Waals surface area (Å²) in [5, 5.41) is 7.21. The maximum atomic E-state index is 13.4. The van der Waals surface area contributed by atoms with Gasteiger partial charge in [0.25, 0.3) is 15.9 Å². The lowest BCUT2D eigenvalue weighted by molar-refractivity contribution is 0.102. The molecule has 1 fully saturated rings. The van der Waals surface area contributed by atoms with Crippen LogP contribution >= 0.6 is 0 Å². The molecular formula is C22H22F2N4O3S. The molecule has 0 bridgehead atoms. The van der Waals surface area contributed by atoms with Crippen LogP contribution in [0, 0.1) is 11.6 Å². The SMILES string of the molecule is O=C(Nc1ccnn1C1CCCCC1)c1ccc(NS(=O)(=O)c2ccc(F)c(F)c2)cc1. The Morgan fingerprint density at radius 3 is 2.38 bits per heavy atom. The number of amides is 1. The minimum absolute atomic E-state index is 0.179. The van der Waals surface area contributed by atoms with Crippen molar-refractivity contribution < 1.29 is 22.0 Å². The molecule has 0 atom stereocenters. The fraction of sp³-hybridized carbons (Fsp3) is 0.273. The predicted molar refractivity (Wildman–Crippen MR) is 116 cm³/mol. The van der Waals surface area contributed by atoms with Gasteiger partial charge in [0.05, 0.1) is 17.1 Å². The Morgan fingerprint density at radius 2 is 1.69 bits per heavy atom. The van der Waals surface area contributed by atoms with Crippen molar-refractivity contribution in [1.82, 2.24) is 9.78 Å². The Morgan fingerprint density at radius 1 is 0.969 bits per heavy atom. The van der Waals surface area contributed by atoms with Crippen molar-refractivity contribution in [3.05, 3.63) is 71.9 Å². The molecule has 1 heterocycles. The molecule has 3 aromatic rings. The number of halogens is 2. The van der Waals surface area contributed by atoms with Crippen LogP contribution in [-0.2, 0) is 10.0 Å². The van der Waals surface area contributed by atoms with Crippen LogP contribution in [0.2, 0.25) is 0 Å². The van der Waals surface area contributed by atoms with E-state index >= 15 is 0 Å². The molecular weight excluding hydrogens is 438 g/mol. The topological polar surface area (TPSA) is 93.1 Å². The van der Waals surface area contributed by atoms with Gasteiger partial charge in [0.1, 0.15) is 5.82 Å². The van der Waals surface area contributed by atoms with Crippen LogP contribution in [-0.4, -0.2) is 24.1 Å². The largest absolute Gasteiger partial charge is 0.307 e. The van der Waals surface area contributed by atoms with Crippen molar-refractivity contribution in [2.45, 2.75) is 43.0 Å². The summed E-state index contributed by atoms with van der Waals surface area (Å²) in [6.07, 6.45) is 7.19. The minimum atomic E-state index is -4.11. The zero-order chi connectivity index (χ0) is 22.7. The molecule has 2 N–H and O–H groups in total. The van der Waals surface area contributed by atoms with Gasteiger partial charge in [-0.15, -0.1) is 0 Å². The average Bonchev–Trinajstić information content (AvgIpc) is 3.24. The van der Waals surface area contributed by atoms with Crippen LogP contribution in [0.25, 0.3) is 0 Å². The number of anilines is 2. The lowest BCUT2D eigenvalue weighted by atomic mass is 9.96. The van der Waals surface area contributed by atoms with E-state index in [1.807, 2.05) is 4.68 Å².